The summed E-state index contributed by atoms with van der Waals surface area (Å²) in [6.45, 7) is 7.62. The molecular weight excluding hydrogens is 351 g/mol. The third-order valence-corrected chi connectivity index (χ3v) is 5.62. The number of anilines is 1. The number of aliphatic hydroxyl groups is 1. The highest BCUT2D eigenvalue weighted by Crippen LogP contribution is 2.24. The van der Waals surface area contributed by atoms with Gasteiger partial charge >= 0.3 is 0 Å². The number of hydrogen-bond donors (Lipinski definition) is 2. The summed E-state index contributed by atoms with van der Waals surface area (Å²) in [5, 5.41) is 13.9. The molecule has 0 spiro atoms. The van der Waals surface area contributed by atoms with E-state index in [1.165, 1.54) is 23.7 Å². The van der Waals surface area contributed by atoms with Gasteiger partial charge in [0, 0.05) is 43.0 Å². The van der Waals surface area contributed by atoms with Gasteiger partial charge in [0.25, 0.3) is 0 Å². The number of piperidine rings is 1. The van der Waals surface area contributed by atoms with E-state index in [2.05, 4.69) is 33.4 Å². The number of aromatic nitrogens is 2. The van der Waals surface area contributed by atoms with E-state index in [1.54, 1.807) is 0 Å². The minimum Gasteiger partial charge on any atom is -0.392 e. The van der Waals surface area contributed by atoms with E-state index in [0.29, 0.717) is 6.54 Å². The van der Waals surface area contributed by atoms with Crippen LogP contribution in [0.2, 0.25) is 0 Å². The second-order valence-electron chi connectivity index (χ2n) is 7.61. The van der Waals surface area contributed by atoms with Crippen molar-refractivity contribution in [2.75, 3.05) is 31.5 Å². The van der Waals surface area contributed by atoms with Gasteiger partial charge in [0.15, 0.2) is 0 Å². The fraction of sp³-hybridized carbons (Fsp3) is 0.579. The number of benzene rings is 1. The van der Waals surface area contributed by atoms with Crippen molar-refractivity contribution < 1.29 is 9.50 Å². The van der Waals surface area contributed by atoms with Crippen LogP contribution in [0.5, 0.6) is 0 Å². The third-order valence-electron chi connectivity index (χ3n) is 4.91. The fourth-order valence-corrected chi connectivity index (χ4v) is 3.83. The lowest BCUT2D eigenvalue weighted by Crippen LogP contribution is -2.39. The van der Waals surface area contributed by atoms with Gasteiger partial charge in [0.1, 0.15) is 11.6 Å². The molecule has 1 fully saturated rings. The fourth-order valence-electron chi connectivity index (χ4n) is 3.22. The molecule has 0 amide bonds. The number of likely N-dealkylation sites (tertiary alicyclic amines) is 1. The molecule has 0 radical (unpaired) electrons. The Morgan fingerprint density at radius 1 is 1.35 bits per heavy atom. The lowest BCUT2D eigenvalue weighted by Gasteiger charge is -2.29. The number of nitrogens with one attached hydrogen (secondary N) is 1. The molecule has 0 saturated carbocycles. The Bertz CT molecular complexity index is 704. The Balaban J connectivity index is 1.49. The third kappa shape index (κ3) is 5.22. The summed E-state index contributed by atoms with van der Waals surface area (Å²) in [6.07, 6.45) is 2.56. The minimum atomic E-state index is -0.215. The highest BCUT2D eigenvalue weighted by Gasteiger charge is 2.21. The number of β-amino-alcohol motifs (C(OH)–C–C–N with tert-alkyl or cyclic N) is 1. The van der Waals surface area contributed by atoms with Gasteiger partial charge < -0.3 is 15.3 Å². The quantitative estimate of drug-likeness (QED) is 0.775. The van der Waals surface area contributed by atoms with E-state index < -0.39 is 0 Å². The zero-order valence-electron chi connectivity index (χ0n) is 15.4. The predicted octanol–water partition coefficient (Wildman–Crippen LogP) is 3.07. The van der Waals surface area contributed by atoms with Crippen molar-refractivity contribution >= 4 is 16.7 Å². The molecular formula is C19H27FN4OS. The molecule has 2 aromatic rings. The number of halogens is 1. The molecule has 142 valence electrons. The van der Waals surface area contributed by atoms with Gasteiger partial charge in [0.05, 0.1) is 6.10 Å². The van der Waals surface area contributed by atoms with Crippen molar-refractivity contribution in [2.24, 2.45) is 0 Å². The van der Waals surface area contributed by atoms with Crippen LogP contribution in [0, 0.1) is 5.82 Å². The van der Waals surface area contributed by atoms with Crippen LogP contribution < -0.4 is 5.32 Å². The first kappa shape index (κ1) is 19.2. The van der Waals surface area contributed by atoms with Crippen molar-refractivity contribution in [3.63, 3.8) is 0 Å². The van der Waals surface area contributed by atoms with Gasteiger partial charge in [-0.05, 0) is 37.1 Å². The maximum Gasteiger partial charge on any atom is 0.202 e. The van der Waals surface area contributed by atoms with E-state index >= 15 is 0 Å². The standard InChI is InChI=1S/C19H27FN4OS/c1-19(2,14-5-7-15(20)8-6-14)13-21-18-22-17(23-26-18)9-11-24-10-3-4-16(25)12-24/h5-8,16,25H,3-4,9-13H2,1-2H3,(H,21,22,23). The summed E-state index contributed by atoms with van der Waals surface area (Å²) in [7, 11) is 0. The Morgan fingerprint density at radius 3 is 2.85 bits per heavy atom. The number of nitrogens with zero attached hydrogens (tertiary/aromatic N) is 3. The first-order chi connectivity index (χ1) is 12.4. The molecule has 3 rings (SSSR count). The van der Waals surface area contributed by atoms with Crippen LogP contribution in [-0.2, 0) is 11.8 Å². The minimum absolute atomic E-state index is 0.135. The van der Waals surface area contributed by atoms with Crippen LogP contribution in [-0.4, -0.2) is 51.6 Å². The molecule has 1 aliphatic rings. The Morgan fingerprint density at radius 2 is 2.12 bits per heavy atom. The maximum absolute atomic E-state index is 13.1. The van der Waals surface area contributed by atoms with Crippen LogP contribution in [0.1, 0.15) is 38.1 Å². The molecule has 1 saturated heterocycles. The Kier molecular flexibility index (Phi) is 6.21. The maximum atomic E-state index is 13.1. The van der Waals surface area contributed by atoms with Crippen molar-refractivity contribution in [3.8, 4) is 0 Å². The molecule has 2 heterocycles. The van der Waals surface area contributed by atoms with Crippen molar-refractivity contribution in [1.82, 2.24) is 14.3 Å². The Labute approximate surface area is 158 Å². The van der Waals surface area contributed by atoms with Crippen LogP contribution in [0.3, 0.4) is 0 Å². The molecule has 0 aliphatic carbocycles. The van der Waals surface area contributed by atoms with Gasteiger partial charge in [-0.25, -0.2) is 9.37 Å². The summed E-state index contributed by atoms with van der Waals surface area (Å²) in [6, 6.07) is 6.65. The second-order valence-corrected chi connectivity index (χ2v) is 8.36. The van der Waals surface area contributed by atoms with Crippen molar-refractivity contribution in [1.29, 1.82) is 0 Å². The summed E-state index contributed by atoms with van der Waals surface area (Å²) in [5.74, 6) is 0.629. The van der Waals surface area contributed by atoms with E-state index in [4.69, 9.17) is 0 Å². The van der Waals surface area contributed by atoms with E-state index in [0.717, 1.165) is 55.4 Å². The SMILES string of the molecule is CC(C)(CNc1nc(CCN2CCCC(O)C2)ns1)c1ccc(F)cc1. The zero-order valence-corrected chi connectivity index (χ0v) is 16.2. The summed E-state index contributed by atoms with van der Waals surface area (Å²) >= 11 is 1.37. The molecule has 26 heavy (non-hydrogen) atoms. The molecule has 1 aromatic heterocycles. The molecule has 1 aliphatic heterocycles. The van der Waals surface area contributed by atoms with Crippen molar-refractivity contribution in [2.45, 2.75) is 44.6 Å². The molecule has 2 N–H and O–H groups in total. The first-order valence-corrected chi connectivity index (χ1v) is 9.93. The van der Waals surface area contributed by atoms with E-state index in [9.17, 15) is 9.50 Å². The zero-order chi connectivity index (χ0) is 18.6. The van der Waals surface area contributed by atoms with E-state index in [1.807, 2.05) is 12.1 Å². The highest BCUT2D eigenvalue weighted by molar-refractivity contribution is 7.09. The largest absolute Gasteiger partial charge is 0.392 e. The molecule has 1 aromatic carbocycles. The lowest BCUT2D eigenvalue weighted by atomic mass is 9.85. The van der Waals surface area contributed by atoms with E-state index in [-0.39, 0.29) is 17.3 Å². The topological polar surface area (TPSA) is 61.3 Å². The number of hydrogen-bond acceptors (Lipinski definition) is 6. The monoisotopic (exact) mass is 378 g/mol. The average molecular weight is 379 g/mol. The van der Waals surface area contributed by atoms with Crippen LogP contribution >= 0.6 is 11.5 Å². The predicted molar refractivity (Wildman–Crippen MR) is 103 cm³/mol. The normalized spacial score (nSPS) is 18.8. The molecule has 1 unspecified atom stereocenters. The molecule has 5 nitrogen and oxygen atoms in total. The van der Waals surface area contributed by atoms with Crippen LogP contribution in [0.4, 0.5) is 9.52 Å². The van der Waals surface area contributed by atoms with Gasteiger partial charge in [-0.2, -0.15) is 4.37 Å². The summed E-state index contributed by atoms with van der Waals surface area (Å²) < 4.78 is 17.5. The lowest BCUT2D eigenvalue weighted by molar-refractivity contribution is 0.0711. The molecule has 7 heteroatoms. The molecule has 1 atom stereocenters. The smallest absolute Gasteiger partial charge is 0.202 e. The first-order valence-electron chi connectivity index (χ1n) is 9.15. The second kappa shape index (κ2) is 8.41. The summed E-state index contributed by atoms with van der Waals surface area (Å²) in [5.41, 5.74) is 0.948. The van der Waals surface area contributed by atoms with Crippen molar-refractivity contribution in [3.05, 3.63) is 41.5 Å². The van der Waals surface area contributed by atoms with Crippen LogP contribution in [0.15, 0.2) is 24.3 Å². The van der Waals surface area contributed by atoms with Gasteiger partial charge in [-0.3, -0.25) is 0 Å². The van der Waals surface area contributed by atoms with Gasteiger partial charge in [-0.15, -0.1) is 0 Å². The average Bonchev–Trinajstić information content (AvgIpc) is 3.07. The number of rotatable bonds is 7. The van der Waals surface area contributed by atoms with Gasteiger partial charge in [0.2, 0.25) is 5.13 Å². The van der Waals surface area contributed by atoms with Crippen LogP contribution in [0.25, 0.3) is 0 Å². The number of aliphatic hydroxyl groups excluding tert-OH is 1. The summed E-state index contributed by atoms with van der Waals surface area (Å²) in [4.78, 5) is 6.85. The molecule has 0 bridgehead atoms. The Hall–Kier alpha value is -1.57. The van der Waals surface area contributed by atoms with Gasteiger partial charge in [-0.1, -0.05) is 26.0 Å². The highest BCUT2D eigenvalue weighted by atomic mass is 32.1.